The average molecular weight is 523 g/mol. The van der Waals surface area contributed by atoms with Crippen LogP contribution in [-0.2, 0) is 16.8 Å². The number of benzene rings is 3. The van der Waals surface area contributed by atoms with E-state index < -0.39 is 5.41 Å². The van der Waals surface area contributed by atoms with E-state index in [1.807, 2.05) is 85.7 Å². The van der Waals surface area contributed by atoms with Crippen molar-refractivity contribution in [1.29, 1.82) is 0 Å². The van der Waals surface area contributed by atoms with Crippen molar-refractivity contribution in [2.24, 2.45) is 0 Å². The Hall–Kier alpha value is -3.32. The van der Waals surface area contributed by atoms with E-state index in [2.05, 4.69) is 6.07 Å². The fourth-order valence-electron chi connectivity index (χ4n) is 4.55. The molecule has 0 unspecified atom stereocenters. The highest BCUT2D eigenvalue weighted by atomic mass is 32.2. The molecule has 1 fully saturated rings. The summed E-state index contributed by atoms with van der Waals surface area (Å²) in [6, 6.07) is 19.5. The zero-order valence-electron chi connectivity index (χ0n) is 22.7. The summed E-state index contributed by atoms with van der Waals surface area (Å²) in [5.41, 5.74) is 2.90. The number of carbonyl (C=O) groups excluding carboxylic acids is 1. The highest BCUT2D eigenvalue weighted by Crippen LogP contribution is 2.50. The van der Waals surface area contributed by atoms with Gasteiger partial charge in [-0.15, -0.1) is 0 Å². The molecular weight excluding hydrogens is 484 g/mol. The van der Waals surface area contributed by atoms with Gasteiger partial charge in [-0.3, -0.25) is 0 Å². The quantitative estimate of drug-likeness (QED) is 0.231. The van der Waals surface area contributed by atoms with Crippen LogP contribution in [0.1, 0.15) is 44.2 Å². The second kappa shape index (κ2) is 12.8. The second-order valence-electron chi connectivity index (χ2n) is 8.93. The molecule has 0 aliphatic heterocycles. The fraction of sp³-hybridized carbons (Fsp3) is 0.367. The third-order valence-electron chi connectivity index (χ3n) is 6.71. The summed E-state index contributed by atoms with van der Waals surface area (Å²) in [4.78, 5) is 15.3. The Kier molecular flexibility index (Phi) is 9.75. The molecule has 1 aliphatic rings. The van der Waals surface area contributed by atoms with Gasteiger partial charge in [-0.25, -0.2) is 0 Å². The third-order valence-corrected chi connectivity index (χ3v) is 7.73. The van der Waals surface area contributed by atoms with Crippen molar-refractivity contribution in [2.45, 2.75) is 50.0 Å². The number of ether oxygens (including phenoxy) is 2. The molecule has 0 aromatic heterocycles. The summed E-state index contributed by atoms with van der Waals surface area (Å²) in [7, 11) is 7.20. The van der Waals surface area contributed by atoms with Crippen molar-refractivity contribution in [1.82, 2.24) is 0 Å². The number of phenols is 1. The zero-order chi connectivity index (χ0) is 27.0. The highest BCUT2D eigenvalue weighted by Gasteiger charge is 2.42. The zero-order valence-corrected chi connectivity index (χ0v) is 23.5. The largest absolute Gasteiger partial charge is 0.506 e. The standard InChI is InChI=1S/C28H32N2O4S.C2H6/c1-29(18-20-10-12-22(33-3)13-11-20)27-23(28(19-31)14-7-15-28)16-21(17-24(27)32)30(2)35-26-9-6-5-8-25(26)34-4;1-2/h5-6,8-13,16-17,19,32H,7,14-15,18H2,1-4H3;1-2H3. The maximum absolute atomic E-state index is 12.3. The molecule has 1 saturated carbocycles. The fourth-order valence-corrected chi connectivity index (χ4v) is 5.44. The SMILES string of the molecule is CC.COc1ccc(CN(C)c2c(O)cc(N(C)Sc3ccccc3OC)cc2C2(C=O)CCC2)cc1. The summed E-state index contributed by atoms with van der Waals surface area (Å²) >= 11 is 1.51. The van der Waals surface area contributed by atoms with E-state index in [9.17, 15) is 9.90 Å². The van der Waals surface area contributed by atoms with Crippen LogP contribution in [0, 0.1) is 0 Å². The van der Waals surface area contributed by atoms with Gasteiger partial charge in [0.05, 0.1) is 35.9 Å². The molecule has 1 N–H and O–H groups in total. The Balaban J connectivity index is 0.00000186. The van der Waals surface area contributed by atoms with E-state index in [-0.39, 0.29) is 5.75 Å². The van der Waals surface area contributed by atoms with E-state index in [1.54, 1.807) is 20.3 Å². The molecule has 0 amide bonds. The number of methoxy groups -OCH3 is 2. The van der Waals surface area contributed by atoms with E-state index in [1.165, 1.54) is 11.9 Å². The minimum absolute atomic E-state index is 0.161. The Morgan fingerprint density at radius 2 is 1.68 bits per heavy atom. The van der Waals surface area contributed by atoms with Crippen LogP contribution in [0.2, 0.25) is 0 Å². The molecule has 4 rings (SSSR count). The minimum atomic E-state index is -0.576. The van der Waals surface area contributed by atoms with Gasteiger partial charge in [0.25, 0.3) is 0 Å². The van der Waals surface area contributed by atoms with Crippen molar-refractivity contribution < 1.29 is 19.4 Å². The van der Waals surface area contributed by atoms with Gasteiger partial charge in [-0.1, -0.05) is 44.5 Å². The first kappa shape index (κ1) is 28.3. The van der Waals surface area contributed by atoms with Gasteiger partial charge in [0.1, 0.15) is 23.5 Å². The second-order valence-corrected chi connectivity index (χ2v) is 10.1. The summed E-state index contributed by atoms with van der Waals surface area (Å²) in [6.45, 7) is 4.59. The Morgan fingerprint density at radius 1 is 1.00 bits per heavy atom. The predicted molar refractivity (Wildman–Crippen MR) is 153 cm³/mol. The molecule has 0 heterocycles. The topological polar surface area (TPSA) is 62.2 Å². The van der Waals surface area contributed by atoms with Gasteiger partial charge in [0.2, 0.25) is 0 Å². The number of rotatable bonds is 10. The van der Waals surface area contributed by atoms with E-state index in [0.717, 1.165) is 58.8 Å². The van der Waals surface area contributed by atoms with Gasteiger partial charge in [-0.05, 0) is 66.2 Å². The molecule has 0 bridgehead atoms. The lowest BCUT2D eigenvalue weighted by molar-refractivity contribution is -0.115. The minimum Gasteiger partial charge on any atom is -0.506 e. The van der Waals surface area contributed by atoms with Crippen molar-refractivity contribution in [3.8, 4) is 17.2 Å². The Bertz CT molecular complexity index is 1180. The van der Waals surface area contributed by atoms with Gasteiger partial charge < -0.3 is 28.6 Å². The summed E-state index contributed by atoms with van der Waals surface area (Å²) in [5.74, 6) is 1.75. The van der Waals surface area contributed by atoms with Crippen molar-refractivity contribution in [2.75, 3.05) is 37.5 Å². The smallest absolute Gasteiger partial charge is 0.141 e. The molecule has 3 aromatic rings. The van der Waals surface area contributed by atoms with E-state index in [4.69, 9.17) is 9.47 Å². The average Bonchev–Trinajstić information content (AvgIpc) is 2.90. The molecule has 0 saturated heterocycles. The molecule has 6 nitrogen and oxygen atoms in total. The number of aromatic hydroxyl groups is 1. The first-order valence-electron chi connectivity index (χ1n) is 12.6. The first-order valence-corrected chi connectivity index (χ1v) is 13.4. The number of phenolic OH excluding ortho intramolecular Hbond substituents is 1. The first-order chi connectivity index (χ1) is 17.9. The van der Waals surface area contributed by atoms with Crippen LogP contribution in [0.25, 0.3) is 0 Å². The molecule has 0 atom stereocenters. The molecular formula is C30H38N2O4S. The number of carbonyl (C=O) groups is 1. The van der Waals surface area contributed by atoms with Crippen molar-refractivity contribution >= 4 is 29.6 Å². The molecule has 7 heteroatoms. The molecule has 0 spiro atoms. The van der Waals surface area contributed by atoms with Gasteiger partial charge in [0, 0.05) is 26.7 Å². The number of hydrogen-bond donors (Lipinski definition) is 1. The van der Waals surface area contributed by atoms with E-state index in [0.29, 0.717) is 12.2 Å². The number of aldehydes is 1. The van der Waals surface area contributed by atoms with Crippen molar-refractivity contribution in [3.63, 3.8) is 0 Å². The van der Waals surface area contributed by atoms with E-state index >= 15 is 0 Å². The monoisotopic (exact) mass is 522 g/mol. The Labute approximate surface area is 225 Å². The van der Waals surface area contributed by atoms with Crippen LogP contribution in [0.4, 0.5) is 11.4 Å². The van der Waals surface area contributed by atoms with Crippen LogP contribution in [-0.4, -0.2) is 39.7 Å². The van der Waals surface area contributed by atoms with Gasteiger partial charge in [-0.2, -0.15) is 0 Å². The third kappa shape index (κ3) is 6.16. The van der Waals surface area contributed by atoms with Crippen LogP contribution < -0.4 is 18.7 Å². The molecule has 1 aliphatic carbocycles. The van der Waals surface area contributed by atoms with Crippen LogP contribution in [0.5, 0.6) is 17.2 Å². The summed E-state index contributed by atoms with van der Waals surface area (Å²) in [6.07, 6.45) is 3.63. The molecule has 0 radical (unpaired) electrons. The predicted octanol–water partition coefficient (Wildman–Crippen LogP) is 6.84. The summed E-state index contributed by atoms with van der Waals surface area (Å²) < 4.78 is 12.7. The lowest BCUT2D eigenvalue weighted by Crippen LogP contribution is -2.37. The Morgan fingerprint density at radius 3 is 2.24 bits per heavy atom. The lowest BCUT2D eigenvalue weighted by atomic mass is 9.65. The van der Waals surface area contributed by atoms with Crippen LogP contribution >= 0.6 is 11.9 Å². The number of hydrogen-bond acceptors (Lipinski definition) is 7. The maximum Gasteiger partial charge on any atom is 0.141 e. The normalized spacial score (nSPS) is 13.5. The lowest BCUT2D eigenvalue weighted by Gasteiger charge is -2.40. The molecule has 198 valence electrons. The number of anilines is 2. The molecule has 37 heavy (non-hydrogen) atoms. The highest BCUT2D eigenvalue weighted by molar-refractivity contribution is 8.00. The van der Waals surface area contributed by atoms with Gasteiger partial charge >= 0.3 is 0 Å². The number of nitrogens with zero attached hydrogens (tertiary/aromatic N) is 2. The molecule has 3 aromatic carbocycles. The summed E-state index contributed by atoms with van der Waals surface area (Å²) in [5, 5.41) is 11.3. The maximum atomic E-state index is 12.3. The number of para-hydroxylation sites is 1. The van der Waals surface area contributed by atoms with Gasteiger partial charge in [0.15, 0.2) is 0 Å². The van der Waals surface area contributed by atoms with Crippen LogP contribution in [0.3, 0.4) is 0 Å². The van der Waals surface area contributed by atoms with Crippen LogP contribution in [0.15, 0.2) is 65.6 Å². The van der Waals surface area contributed by atoms with Crippen molar-refractivity contribution in [3.05, 3.63) is 71.8 Å².